The standard InChI is InChI=1S/C10H11N.C3H6/c1-3-5-9(2)10-6-4-7-11-8-10;1-3-2/h3-8H,1H2,2H3;3H,1H2,2H3/b9-5+;. The summed E-state index contributed by atoms with van der Waals surface area (Å²) in [5.74, 6) is 0. The molecule has 0 saturated heterocycles. The molecule has 1 heteroatoms. The van der Waals surface area contributed by atoms with E-state index in [1.54, 1.807) is 18.3 Å². The zero-order valence-corrected chi connectivity index (χ0v) is 8.90. The zero-order chi connectivity index (χ0) is 10.8. The largest absolute Gasteiger partial charge is 0.264 e. The van der Waals surface area contributed by atoms with E-state index in [2.05, 4.69) is 18.1 Å². The Morgan fingerprint density at radius 3 is 2.50 bits per heavy atom. The van der Waals surface area contributed by atoms with Crippen LogP contribution in [0.1, 0.15) is 19.4 Å². The van der Waals surface area contributed by atoms with Crippen molar-refractivity contribution in [1.29, 1.82) is 0 Å². The molecule has 1 heterocycles. The maximum absolute atomic E-state index is 4.01. The second-order valence-electron chi connectivity index (χ2n) is 2.74. The van der Waals surface area contributed by atoms with Crippen molar-refractivity contribution in [2.24, 2.45) is 0 Å². The summed E-state index contributed by atoms with van der Waals surface area (Å²) in [4.78, 5) is 4.01. The fraction of sp³-hybridized carbons (Fsp3) is 0.154. The van der Waals surface area contributed by atoms with Gasteiger partial charge in [0.15, 0.2) is 0 Å². The summed E-state index contributed by atoms with van der Waals surface area (Å²) in [5, 5.41) is 0. The number of rotatable bonds is 2. The smallest absolute Gasteiger partial charge is 0.0342 e. The Labute approximate surface area is 86.5 Å². The first-order valence-electron chi connectivity index (χ1n) is 4.53. The third-order valence-corrected chi connectivity index (χ3v) is 1.48. The molecule has 0 amide bonds. The third-order valence-electron chi connectivity index (χ3n) is 1.48. The van der Waals surface area contributed by atoms with Crippen LogP contribution >= 0.6 is 0 Å². The summed E-state index contributed by atoms with van der Waals surface area (Å²) in [6.45, 7) is 10.9. The van der Waals surface area contributed by atoms with Crippen molar-refractivity contribution in [2.45, 2.75) is 13.8 Å². The Morgan fingerprint density at radius 1 is 1.43 bits per heavy atom. The van der Waals surface area contributed by atoms with Crippen LogP contribution in [0.25, 0.3) is 5.57 Å². The first kappa shape index (κ1) is 12.4. The van der Waals surface area contributed by atoms with Crippen LogP contribution < -0.4 is 0 Å². The molecule has 0 atom stereocenters. The van der Waals surface area contributed by atoms with Crippen LogP contribution in [0.2, 0.25) is 0 Å². The minimum atomic E-state index is 1.15. The highest BCUT2D eigenvalue weighted by molar-refractivity contribution is 5.63. The van der Waals surface area contributed by atoms with E-state index in [0.29, 0.717) is 0 Å². The van der Waals surface area contributed by atoms with E-state index in [1.165, 1.54) is 5.57 Å². The second-order valence-corrected chi connectivity index (χ2v) is 2.74. The van der Waals surface area contributed by atoms with Crippen molar-refractivity contribution in [3.63, 3.8) is 0 Å². The monoisotopic (exact) mass is 187 g/mol. The van der Waals surface area contributed by atoms with Gasteiger partial charge in [0, 0.05) is 12.4 Å². The molecule has 1 aromatic rings. The van der Waals surface area contributed by atoms with Gasteiger partial charge in [-0.1, -0.05) is 30.9 Å². The second kappa shape index (κ2) is 7.99. The van der Waals surface area contributed by atoms with Crippen LogP contribution in [0, 0.1) is 0 Å². The summed E-state index contributed by atoms with van der Waals surface area (Å²) in [7, 11) is 0. The van der Waals surface area contributed by atoms with E-state index >= 15 is 0 Å². The number of pyridine rings is 1. The lowest BCUT2D eigenvalue weighted by molar-refractivity contribution is 1.30. The molecule has 0 spiro atoms. The maximum Gasteiger partial charge on any atom is 0.0342 e. The lowest BCUT2D eigenvalue weighted by Gasteiger charge is -1.96. The van der Waals surface area contributed by atoms with E-state index in [-0.39, 0.29) is 0 Å². The van der Waals surface area contributed by atoms with Gasteiger partial charge in [0.25, 0.3) is 0 Å². The van der Waals surface area contributed by atoms with E-state index in [0.717, 1.165) is 5.56 Å². The third kappa shape index (κ3) is 5.09. The predicted molar refractivity (Wildman–Crippen MR) is 64.0 cm³/mol. The quantitative estimate of drug-likeness (QED) is 0.506. The highest BCUT2D eigenvalue weighted by atomic mass is 14.6. The molecular weight excluding hydrogens is 170 g/mol. The fourth-order valence-corrected chi connectivity index (χ4v) is 0.869. The van der Waals surface area contributed by atoms with Crippen LogP contribution in [0.5, 0.6) is 0 Å². The molecule has 0 unspecified atom stereocenters. The summed E-state index contributed by atoms with van der Waals surface area (Å²) in [5.41, 5.74) is 2.33. The molecule has 1 rings (SSSR count). The van der Waals surface area contributed by atoms with Gasteiger partial charge in [-0.15, -0.1) is 6.58 Å². The van der Waals surface area contributed by atoms with E-state index in [1.807, 2.05) is 38.3 Å². The summed E-state index contributed by atoms with van der Waals surface area (Å²) in [6, 6.07) is 3.96. The minimum Gasteiger partial charge on any atom is -0.264 e. The number of allylic oxidation sites excluding steroid dienone is 4. The van der Waals surface area contributed by atoms with Crippen LogP contribution in [-0.2, 0) is 0 Å². The van der Waals surface area contributed by atoms with Gasteiger partial charge in [-0.25, -0.2) is 0 Å². The number of hydrogen-bond donors (Lipinski definition) is 0. The Morgan fingerprint density at radius 2 is 2.07 bits per heavy atom. The Balaban J connectivity index is 0.000000500. The lowest BCUT2D eigenvalue weighted by atomic mass is 10.1. The molecule has 0 radical (unpaired) electrons. The average molecular weight is 187 g/mol. The molecule has 0 N–H and O–H groups in total. The molecule has 0 aliphatic heterocycles. The van der Waals surface area contributed by atoms with Gasteiger partial charge >= 0.3 is 0 Å². The molecule has 1 aromatic heterocycles. The number of hydrogen-bond acceptors (Lipinski definition) is 1. The van der Waals surface area contributed by atoms with Gasteiger partial charge in [0.05, 0.1) is 0 Å². The van der Waals surface area contributed by atoms with Crippen molar-refractivity contribution < 1.29 is 0 Å². The van der Waals surface area contributed by atoms with Crippen LogP contribution in [0.4, 0.5) is 0 Å². The summed E-state index contributed by atoms with van der Waals surface area (Å²) in [6.07, 6.45) is 9.11. The van der Waals surface area contributed by atoms with Gasteiger partial charge in [0.2, 0.25) is 0 Å². The van der Waals surface area contributed by atoms with Gasteiger partial charge in [-0.05, 0) is 31.1 Å². The van der Waals surface area contributed by atoms with Crippen LogP contribution in [0.3, 0.4) is 0 Å². The van der Waals surface area contributed by atoms with Gasteiger partial charge in [-0.2, -0.15) is 0 Å². The Hall–Kier alpha value is -1.63. The van der Waals surface area contributed by atoms with E-state index in [9.17, 15) is 0 Å². The molecule has 0 aliphatic carbocycles. The number of aromatic nitrogens is 1. The van der Waals surface area contributed by atoms with E-state index < -0.39 is 0 Å². The van der Waals surface area contributed by atoms with E-state index in [4.69, 9.17) is 0 Å². The molecule has 14 heavy (non-hydrogen) atoms. The van der Waals surface area contributed by atoms with Gasteiger partial charge in [-0.3, -0.25) is 4.98 Å². The van der Waals surface area contributed by atoms with Crippen molar-refractivity contribution in [2.75, 3.05) is 0 Å². The Kier molecular flexibility index (Phi) is 7.06. The first-order valence-corrected chi connectivity index (χ1v) is 4.53. The minimum absolute atomic E-state index is 1.15. The first-order chi connectivity index (χ1) is 6.76. The lowest BCUT2D eigenvalue weighted by Crippen LogP contribution is -1.78. The predicted octanol–water partition coefficient (Wildman–Crippen LogP) is 3.86. The average Bonchev–Trinajstić information content (AvgIpc) is 2.21. The highest BCUT2D eigenvalue weighted by Crippen LogP contribution is 2.10. The topological polar surface area (TPSA) is 12.9 Å². The number of nitrogens with zero attached hydrogens (tertiary/aromatic N) is 1. The van der Waals surface area contributed by atoms with Crippen molar-refractivity contribution in [3.8, 4) is 0 Å². The molecule has 0 aromatic carbocycles. The molecule has 74 valence electrons. The Bertz CT molecular complexity index is 296. The summed E-state index contributed by atoms with van der Waals surface area (Å²) >= 11 is 0. The maximum atomic E-state index is 4.01. The molecule has 0 fully saturated rings. The molecule has 0 bridgehead atoms. The normalized spacial score (nSPS) is 9.71. The zero-order valence-electron chi connectivity index (χ0n) is 8.90. The van der Waals surface area contributed by atoms with Gasteiger partial charge in [0.1, 0.15) is 0 Å². The van der Waals surface area contributed by atoms with Gasteiger partial charge < -0.3 is 0 Å². The van der Waals surface area contributed by atoms with Crippen molar-refractivity contribution in [1.82, 2.24) is 4.98 Å². The molecular formula is C13H17N. The molecule has 0 aliphatic rings. The molecule has 1 nitrogen and oxygen atoms in total. The van der Waals surface area contributed by atoms with Crippen molar-refractivity contribution >= 4 is 5.57 Å². The SMILES string of the molecule is C=C/C=C(\C)c1cccnc1.C=CC. The van der Waals surface area contributed by atoms with Crippen LogP contribution in [-0.4, -0.2) is 4.98 Å². The highest BCUT2D eigenvalue weighted by Gasteiger charge is 1.90. The summed E-state index contributed by atoms with van der Waals surface area (Å²) < 4.78 is 0. The van der Waals surface area contributed by atoms with Crippen molar-refractivity contribution in [3.05, 3.63) is 61.5 Å². The molecule has 0 saturated carbocycles. The van der Waals surface area contributed by atoms with Crippen LogP contribution in [0.15, 0.2) is 55.9 Å². The fourth-order valence-electron chi connectivity index (χ4n) is 0.869.